The number of aliphatic hydroxyl groups excluding tert-OH is 2. The summed E-state index contributed by atoms with van der Waals surface area (Å²) in [5.74, 6) is 0.233. The first-order chi connectivity index (χ1) is 10.1. The van der Waals surface area contributed by atoms with Crippen molar-refractivity contribution in [3.8, 4) is 0 Å². The number of hydrogen-bond acceptors (Lipinski definition) is 8. The molecule has 10 heteroatoms. The van der Waals surface area contributed by atoms with E-state index in [1.165, 1.54) is 13.4 Å². The second-order valence-corrected chi connectivity index (χ2v) is 5.35. The van der Waals surface area contributed by atoms with E-state index in [2.05, 4.69) is 30.9 Å². The molecule has 4 atom stereocenters. The third-order valence-corrected chi connectivity index (χ3v) is 3.81. The van der Waals surface area contributed by atoms with Crippen molar-refractivity contribution >= 4 is 32.9 Å². The zero-order valence-electron chi connectivity index (χ0n) is 11.0. The van der Waals surface area contributed by atoms with E-state index >= 15 is 0 Å². The number of ether oxygens (including phenoxy) is 2. The van der Waals surface area contributed by atoms with Gasteiger partial charge in [0, 0.05) is 7.11 Å². The Labute approximate surface area is 127 Å². The molecule has 1 aliphatic rings. The monoisotopic (exact) mass is 359 g/mol. The third-order valence-electron chi connectivity index (χ3n) is 3.46. The number of aromatic nitrogens is 4. The van der Waals surface area contributed by atoms with Crippen molar-refractivity contribution < 1.29 is 19.7 Å². The van der Waals surface area contributed by atoms with Crippen molar-refractivity contribution in [2.45, 2.75) is 24.5 Å². The maximum atomic E-state index is 10.1. The molecule has 1 aliphatic heterocycles. The van der Waals surface area contributed by atoms with Crippen LogP contribution in [0.3, 0.4) is 0 Å². The van der Waals surface area contributed by atoms with Crippen LogP contribution in [0.2, 0.25) is 0 Å². The van der Waals surface area contributed by atoms with Crippen LogP contribution in [0, 0.1) is 0 Å². The summed E-state index contributed by atoms with van der Waals surface area (Å²) in [5, 5.41) is 19.3. The SMILES string of the molecule is COC1C(O)[C@@H](CO)O[C@H]1n1cnc2c(N)nc(Br)nc21. The smallest absolute Gasteiger partial charge is 0.200 e. The first kappa shape index (κ1) is 14.6. The maximum absolute atomic E-state index is 10.1. The second kappa shape index (κ2) is 5.46. The highest BCUT2D eigenvalue weighted by atomic mass is 79.9. The van der Waals surface area contributed by atoms with Crippen molar-refractivity contribution in [2.24, 2.45) is 0 Å². The Hall–Kier alpha value is -1.33. The summed E-state index contributed by atoms with van der Waals surface area (Å²) in [6, 6.07) is 0. The van der Waals surface area contributed by atoms with Crippen LogP contribution in [0.15, 0.2) is 11.1 Å². The van der Waals surface area contributed by atoms with E-state index in [1.807, 2.05) is 0 Å². The summed E-state index contributed by atoms with van der Waals surface area (Å²) >= 11 is 3.18. The summed E-state index contributed by atoms with van der Waals surface area (Å²) in [5.41, 5.74) is 6.68. The molecule has 3 heterocycles. The zero-order chi connectivity index (χ0) is 15.1. The maximum Gasteiger partial charge on any atom is 0.200 e. The van der Waals surface area contributed by atoms with E-state index in [0.29, 0.717) is 15.9 Å². The molecule has 4 N–H and O–H groups in total. The number of imidazole rings is 1. The van der Waals surface area contributed by atoms with Gasteiger partial charge in [-0.3, -0.25) is 4.57 Å². The molecule has 114 valence electrons. The van der Waals surface area contributed by atoms with E-state index in [0.717, 1.165) is 0 Å². The van der Waals surface area contributed by atoms with Crippen LogP contribution in [-0.4, -0.2) is 61.8 Å². The molecule has 2 aromatic heterocycles. The molecule has 1 fully saturated rings. The van der Waals surface area contributed by atoms with Gasteiger partial charge < -0.3 is 25.4 Å². The Kier molecular flexibility index (Phi) is 3.80. The first-order valence-electron chi connectivity index (χ1n) is 6.19. The molecule has 21 heavy (non-hydrogen) atoms. The van der Waals surface area contributed by atoms with Crippen LogP contribution in [0.25, 0.3) is 11.2 Å². The fraction of sp³-hybridized carbons (Fsp3) is 0.545. The minimum atomic E-state index is -0.954. The van der Waals surface area contributed by atoms with Crippen LogP contribution < -0.4 is 5.73 Å². The molecule has 9 nitrogen and oxygen atoms in total. The molecule has 0 aromatic carbocycles. The van der Waals surface area contributed by atoms with Gasteiger partial charge in [0.2, 0.25) is 4.73 Å². The molecule has 1 saturated heterocycles. The molecule has 0 saturated carbocycles. The lowest BCUT2D eigenvalue weighted by Gasteiger charge is -2.19. The van der Waals surface area contributed by atoms with E-state index in [4.69, 9.17) is 15.2 Å². The lowest BCUT2D eigenvalue weighted by atomic mass is 10.1. The Bertz CT molecular complexity index is 665. The Morgan fingerprint density at radius 2 is 2.29 bits per heavy atom. The number of anilines is 1. The molecular weight excluding hydrogens is 346 g/mol. The van der Waals surface area contributed by atoms with Crippen molar-refractivity contribution in [1.82, 2.24) is 19.5 Å². The van der Waals surface area contributed by atoms with Crippen LogP contribution in [-0.2, 0) is 9.47 Å². The number of rotatable bonds is 3. The van der Waals surface area contributed by atoms with Gasteiger partial charge in [0.15, 0.2) is 17.7 Å². The second-order valence-electron chi connectivity index (χ2n) is 4.64. The summed E-state index contributed by atoms with van der Waals surface area (Å²) < 4.78 is 12.8. The normalized spacial score (nSPS) is 29.3. The topological polar surface area (TPSA) is 129 Å². The molecule has 0 radical (unpaired) electrons. The average molecular weight is 360 g/mol. The quantitative estimate of drug-likeness (QED) is 0.621. The van der Waals surface area contributed by atoms with Gasteiger partial charge >= 0.3 is 0 Å². The summed E-state index contributed by atoms with van der Waals surface area (Å²) in [6.07, 6.45) is -1.53. The summed E-state index contributed by atoms with van der Waals surface area (Å²) in [4.78, 5) is 12.4. The molecule has 2 aromatic rings. The van der Waals surface area contributed by atoms with Crippen molar-refractivity contribution in [1.29, 1.82) is 0 Å². The molecule has 0 aliphatic carbocycles. The predicted octanol–water partition coefficient (Wildman–Crippen LogP) is -0.563. The molecule has 0 spiro atoms. The lowest BCUT2D eigenvalue weighted by Crippen LogP contribution is -2.34. The standard InChI is InChI=1S/C11H14BrN5O4/c1-20-7-6(19)4(2-18)21-10(7)17-3-14-5-8(13)15-11(12)16-9(5)17/h3-4,6-7,10,18-19H,2H2,1H3,(H2,13,15,16)/t4-,6?,7?,10-/m1/s1. The predicted molar refractivity (Wildman–Crippen MR) is 75.2 cm³/mol. The van der Waals surface area contributed by atoms with Gasteiger partial charge in [-0.2, -0.15) is 0 Å². The number of methoxy groups -OCH3 is 1. The first-order valence-corrected chi connectivity index (χ1v) is 6.98. The van der Waals surface area contributed by atoms with E-state index in [9.17, 15) is 10.2 Å². The van der Waals surface area contributed by atoms with Crippen LogP contribution in [0.1, 0.15) is 6.23 Å². The van der Waals surface area contributed by atoms with Gasteiger partial charge in [0.1, 0.15) is 23.8 Å². The molecule has 0 amide bonds. The molecule has 0 bridgehead atoms. The van der Waals surface area contributed by atoms with E-state index in [-0.39, 0.29) is 12.4 Å². The van der Waals surface area contributed by atoms with Gasteiger partial charge in [-0.15, -0.1) is 0 Å². The Balaban J connectivity index is 2.08. The van der Waals surface area contributed by atoms with E-state index < -0.39 is 24.5 Å². The number of aliphatic hydroxyl groups is 2. The van der Waals surface area contributed by atoms with Crippen molar-refractivity contribution in [2.75, 3.05) is 19.5 Å². The van der Waals surface area contributed by atoms with Gasteiger partial charge in [0.05, 0.1) is 12.9 Å². The lowest BCUT2D eigenvalue weighted by molar-refractivity contribution is -0.0583. The van der Waals surface area contributed by atoms with Crippen LogP contribution >= 0.6 is 15.9 Å². The highest BCUT2D eigenvalue weighted by Crippen LogP contribution is 2.33. The Morgan fingerprint density at radius 1 is 1.52 bits per heavy atom. The van der Waals surface area contributed by atoms with E-state index in [1.54, 1.807) is 4.57 Å². The average Bonchev–Trinajstić information content (AvgIpc) is 2.99. The number of nitrogens with two attached hydrogens (primary N) is 1. The zero-order valence-corrected chi connectivity index (χ0v) is 12.6. The third kappa shape index (κ3) is 2.28. The van der Waals surface area contributed by atoms with Crippen LogP contribution in [0.5, 0.6) is 0 Å². The minimum absolute atomic E-state index is 0.233. The molecular formula is C11H14BrN5O4. The van der Waals surface area contributed by atoms with Gasteiger partial charge in [-0.1, -0.05) is 0 Å². The highest BCUT2D eigenvalue weighted by Gasteiger charge is 2.45. The van der Waals surface area contributed by atoms with Crippen LogP contribution in [0.4, 0.5) is 5.82 Å². The van der Waals surface area contributed by atoms with Crippen molar-refractivity contribution in [3.63, 3.8) is 0 Å². The fourth-order valence-electron chi connectivity index (χ4n) is 2.44. The molecule has 2 unspecified atom stereocenters. The fourth-order valence-corrected chi connectivity index (χ4v) is 2.80. The summed E-state index contributed by atoms with van der Waals surface area (Å²) in [6.45, 7) is -0.315. The van der Waals surface area contributed by atoms with Gasteiger partial charge in [-0.25, -0.2) is 15.0 Å². The number of fused-ring (bicyclic) bond motifs is 1. The number of nitrogen functional groups attached to an aromatic ring is 1. The number of hydrogen-bond donors (Lipinski definition) is 3. The van der Waals surface area contributed by atoms with Gasteiger partial charge in [0.25, 0.3) is 0 Å². The largest absolute Gasteiger partial charge is 0.394 e. The number of halogens is 1. The Morgan fingerprint density at radius 3 is 2.95 bits per heavy atom. The highest BCUT2D eigenvalue weighted by molar-refractivity contribution is 9.10. The van der Waals surface area contributed by atoms with Gasteiger partial charge in [-0.05, 0) is 15.9 Å². The number of nitrogens with zero attached hydrogens (tertiary/aromatic N) is 4. The molecule has 3 rings (SSSR count). The van der Waals surface area contributed by atoms with Crippen molar-refractivity contribution in [3.05, 3.63) is 11.1 Å². The minimum Gasteiger partial charge on any atom is -0.394 e. The summed E-state index contributed by atoms with van der Waals surface area (Å²) in [7, 11) is 1.46.